The Kier molecular flexibility index (Phi) is 4.93. The maximum Gasteiger partial charge on any atom is 0.262 e. The van der Waals surface area contributed by atoms with Crippen LogP contribution in [0.3, 0.4) is 0 Å². The minimum absolute atomic E-state index is 0.0562. The Labute approximate surface area is 127 Å². The number of rotatable bonds is 4. The van der Waals surface area contributed by atoms with Gasteiger partial charge in [0.05, 0.1) is 6.20 Å². The number of anilines is 1. The summed E-state index contributed by atoms with van der Waals surface area (Å²) in [5.74, 6) is 0.333. The fraction of sp³-hybridized carbons (Fsp3) is 0.0769. The van der Waals surface area contributed by atoms with Crippen molar-refractivity contribution in [2.75, 3.05) is 11.9 Å². The van der Waals surface area contributed by atoms with Gasteiger partial charge in [-0.2, -0.15) is 0 Å². The molecular formula is C13H10Br2N2O2. The number of hydrogen-bond donors (Lipinski definition) is 1. The minimum Gasteiger partial charge on any atom is -0.482 e. The molecule has 0 spiro atoms. The third-order valence-electron chi connectivity index (χ3n) is 2.20. The molecule has 0 saturated heterocycles. The van der Waals surface area contributed by atoms with Crippen LogP contribution in [0.4, 0.5) is 5.69 Å². The van der Waals surface area contributed by atoms with E-state index in [2.05, 4.69) is 42.2 Å². The number of hydrogen-bond acceptors (Lipinski definition) is 3. The second-order valence-corrected chi connectivity index (χ2v) is 5.39. The summed E-state index contributed by atoms with van der Waals surface area (Å²) >= 11 is 6.56. The number of pyridine rings is 1. The zero-order chi connectivity index (χ0) is 13.7. The van der Waals surface area contributed by atoms with Gasteiger partial charge in [0.1, 0.15) is 10.4 Å². The van der Waals surface area contributed by atoms with E-state index in [0.717, 1.165) is 14.8 Å². The average molecular weight is 386 g/mol. The molecular weight excluding hydrogens is 376 g/mol. The topological polar surface area (TPSA) is 51.2 Å². The summed E-state index contributed by atoms with van der Waals surface area (Å²) in [7, 11) is 0. The first-order valence-corrected chi connectivity index (χ1v) is 7.02. The molecule has 0 aliphatic carbocycles. The fourth-order valence-corrected chi connectivity index (χ4v) is 1.83. The summed E-state index contributed by atoms with van der Waals surface area (Å²) in [5, 5.41) is 2.74. The van der Waals surface area contributed by atoms with Gasteiger partial charge in [-0.05, 0) is 52.3 Å². The van der Waals surface area contributed by atoms with Crippen molar-refractivity contribution in [1.29, 1.82) is 0 Å². The van der Waals surface area contributed by atoms with Crippen molar-refractivity contribution in [2.45, 2.75) is 0 Å². The molecule has 0 bridgehead atoms. The van der Waals surface area contributed by atoms with Crippen molar-refractivity contribution in [1.82, 2.24) is 4.98 Å². The molecule has 0 atom stereocenters. The molecule has 0 fully saturated rings. The second kappa shape index (κ2) is 6.68. The first kappa shape index (κ1) is 14.0. The highest BCUT2D eigenvalue weighted by Crippen LogP contribution is 2.15. The predicted octanol–water partition coefficient (Wildman–Crippen LogP) is 3.62. The average Bonchev–Trinajstić information content (AvgIpc) is 2.41. The third kappa shape index (κ3) is 4.65. The molecule has 1 aromatic carbocycles. The van der Waals surface area contributed by atoms with Gasteiger partial charge in [0.15, 0.2) is 6.61 Å². The number of amides is 1. The van der Waals surface area contributed by atoms with Crippen LogP contribution in [0.25, 0.3) is 0 Å². The molecule has 0 saturated carbocycles. The summed E-state index contributed by atoms with van der Waals surface area (Å²) in [6.45, 7) is -0.0562. The largest absolute Gasteiger partial charge is 0.482 e. The number of nitrogens with one attached hydrogen (secondary N) is 1. The summed E-state index contributed by atoms with van der Waals surface area (Å²) in [5.41, 5.74) is 0.728. The predicted molar refractivity (Wildman–Crippen MR) is 80.2 cm³/mol. The van der Waals surface area contributed by atoms with E-state index in [1.165, 1.54) is 0 Å². The van der Waals surface area contributed by atoms with E-state index in [4.69, 9.17) is 4.74 Å². The van der Waals surface area contributed by atoms with Crippen LogP contribution < -0.4 is 10.1 Å². The summed E-state index contributed by atoms with van der Waals surface area (Å²) in [6, 6.07) is 10.8. The van der Waals surface area contributed by atoms with Gasteiger partial charge < -0.3 is 10.1 Å². The normalized spacial score (nSPS) is 10.0. The zero-order valence-electron chi connectivity index (χ0n) is 9.77. The van der Waals surface area contributed by atoms with Crippen LogP contribution >= 0.6 is 31.9 Å². The first-order chi connectivity index (χ1) is 9.13. The maximum absolute atomic E-state index is 11.7. The molecule has 1 N–H and O–H groups in total. The molecule has 0 aliphatic heterocycles. The molecule has 0 unspecified atom stereocenters. The molecule has 2 rings (SSSR count). The van der Waals surface area contributed by atoms with Gasteiger partial charge in [-0.3, -0.25) is 4.79 Å². The third-order valence-corrected chi connectivity index (χ3v) is 3.20. The van der Waals surface area contributed by atoms with Gasteiger partial charge in [-0.25, -0.2) is 4.98 Å². The first-order valence-electron chi connectivity index (χ1n) is 5.43. The lowest BCUT2D eigenvalue weighted by Gasteiger charge is -2.07. The molecule has 0 radical (unpaired) electrons. The Balaban J connectivity index is 1.84. The summed E-state index contributed by atoms with van der Waals surface area (Å²) in [6.07, 6.45) is 1.55. The molecule has 0 aliphatic rings. The van der Waals surface area contributed by atoms with Gasteiger partial charge in [0, 0.05) is 10.2 Å². The van der Waals surface area contributed by atoms with Gasteiger partial charge in [0.25, 0.3) is 5.91 Å². The van der Waals surface area contributed by atoms with Crippen molar-refractivity contribution >= 4 is 43.5 Å². The number of halogens is 2. The number of benzene rings is 1. The molecule has 1 aromatic heterocycles. The number of aromatic nitrogens is 1. The summed E-state index contributed by atoms with van der Waals surface area (Å²) < 4.78 is 7.00. The number of nitrogens with zero attached hydrogens (tertiary/aromatic N) is 1. The van der Waals surface area contributed by atoms with Crippen LogP contribution in [0.15, 0.2) is 51.7 Å². The fourth-order valence-electron chi connectivity index (χ4n) is 1.33. The van der Waals surface area contributed by atoms with Crippen molar-refractivity contribution in [3.8, 4) is 5.75 Å². The zero-order valence-corrected chi connectivity index (χ0v) is 12.9. The van der Waals surface area contributed by atoms with Crippen LogP contribution in [0.5, 0.6) is 5.75 Å². The Morgan fingerprint density at radius 3 is 2.53 bits per heavy atom. The van der Waals surface area contributed by atoms with Crippen molar-refractivity contribution < 1.29 is 9.53 Å². The van der Waals surface area contributed by atoms with Crippen molar-refractivity contribution in [2.24, 2.45) is 0 Å². The van der Waals surface area contributed by atoms with Crippen molar-refractivity contribution in [3.63, 3.8) is 0 Å². The summed E-state index contributed by atoms with van der Waals surface area (Å²) in [4.78, 5) is 15.7. The van der Waals surface area contributed by atoms with E-state index >= 15 is 0 Å². The van der Waals surface area contributed by atoms with E-state index in [0.29, 0.717) is 5.75 Å². The quantitative estimate of drug-likeness (QED) is 0.817. The van der Waals surface area contributed by atoms with E-state index in [1.807, 2.05) is 24.3 Å². The smallest absolute Gasteiger partial charge is 0.262 e. The lowest BCUT2D eigenvalue weighted by Crippen LogP contribution is -2.20. The molecule has 6 heteroatoms. The van der Waals surface area contributed by atoms with E-state index < -0.39 is 0 Å². The molecule has 4 nitrogen and oxygen atoms in total. The van der Waals surface area contributed by atoms with Gasteiger partial charge in [-0.15, -0.1) is 0 Å². The number of carbonyl (C=O) groups excluding carboxylic acids is 1. The molecule has 98 valence electrons. The highest BCUT2D eigenvalue weighted by atomic mass is 79.9. The minimum atomic E-state index is -0.217. The molecule has 1 amide bonds. The van der Waals surface area contributed by atoms with Crippen LogP contribution in [0.1, 0.15) is 0 Å². The van der Waals surface area contributed by atoms with Gasteiger partial charge >= 0.3 is 0 Å². The molecule has 19 heavy (non-hydrogen) atoms. The number of carbonyl (C=O) groups is 1. The highest BCUT2D eigenvalue weighted by Gasteiger charge is 2.04. The lowest BCUT2D eigenvalue weighted by atomic mass is 10.3. The lowest BCUT2D eigenvalue weighted by molar-refractivity contribution is -0.118. The Morgan fingerprint density at radius 1 is 1.16 bits per heavy atom. The van der Waals surface area contributed by atoms with E-state index in [9.17, 15) is 4.79 Å². The van der Waals surface area contributed by atoms with Gasteiger partial charge in [-0.1, -0.05) is 15.9 Å². The Hall–Kier alpha value is -1.40. The SMILES string of the molecule is O=C(COc1ccc(Br)nc1)Nc1ccc(Br)cc1. The van der Waals surface area contributed by atoms with Crippen LogP contribution in [-0.2, 0) is 4.79 Å². The standard InChI is InChI=1S/C13H10Br2N2O2/c14-9-1-3-10(4-2-9)17-13(18)8-19-11-5-6-12(15)16-7-11/h1-7H,8H2,(H,17,18). The van der Waals surface area contributed by atoms with Crippen molar-refractivity contribution in [3.05, 3.63) is 51.7 Å². The van der Waals surface area contributed by atoms with Gasteiger partial charge in [0.2, 0.25) is 0 Å². The monoisotopic (exact) mass is 384 g/mol. The van der Waals surface area contributed by atoms with E-state index in [1.54, 1.807) is 18.3 Å². The van der Waals surface area contributed by atoms with Crippen LogP contribution in [0.2, 0.25) is 0 Å². The Bertz CT molecular complexity index is 556. The maximum atomic E-state index is 11.7. The molecule has 2 aromatic rings. The molecule has 1 heterocycles. The van der Waals surface area contributed by atoms with Crippen LogP contribution in [0, 0.1) is 0 Å². The Morgan fingerprint density at radius 2 is 1.89 bits per heavy atom. The second-order valence-electron chi connectivity index (χ2n) is 3.66. The van der Waals surface area contributed by atoms with Crippen LogP contribution in [-0.4, -0.2) is 17.5 Å². The van der Waals surface area contributed by atoms with E-state index in [-0.39, 0.29) is 12.5 Å². The number of ether oxygens (including phenoxy) is 1. The highest BCUT2D eigenvalue weighted by molar-refractivity contribution is 9.10.